The van der Waals surface area contributed by atoms with Crippen LogP contribution in [0.5, 0.6) is 5.75 Å². The Kier molecular flexibility index (Phi) is 7.24. The second-order valence-corrected chi connectivity index (χ2v) is 6.96. The van der Waals surface area contributed by atoms with E-state index in [0.717, 1.165) is 5.56 Å². The third-order valence-corrected chi connectivity index (χ3v) is 4.94. The second-order valence-electron chi connectivity index (χ2n) is 6.96. The number of amides is 2. The molecule has 30 heavy (non-hydrogen) atoms. The van der Waals surface area contributed by atoms with Gasteiger partial charge < -0.3 is 14.4 Å². The van der Waals surface area contributed by atoms with Gasteiger partial charge >= 0.3 is 6.09 Å². The van der Waals surface area contributed by atoms with Crippen LogP contribution in [-0.4, -0.2) is 61.7 Å². The van der Waals surface area contributed by atoms with E-state index < -0.39 is 6.09 Å². The molecule has 1 aliphatic rings. The highest BCUT2D eigenvalue weighted by molar-refractivity contribution is 5.95. The van der Waals surface area contributed by atoms with Gasteiger partial charge in [0.25, 0.3) is 5.91 Å². The summed E-state index contributed by atoms with van der Waals surface area (Å²) in [5.41, 5.74) is 2.01. The molecule has 2 aromatic carbocycles. The molecule has 2 amide bonds. The van der Waals surface area contributed by atoms with Crippen molar-refractivity contribution in [1.82, 2.24) is 9.80 Å². The fraction of sp³-hybridized carbons (Fsp3) is 0.364. The fourth-order valence-electron chi connectivity index (χ4n) is 3.34. The molecule has 0 bridgehead atoms. The Bertz CT molecular complexity index is 880. The van der Waals surface area contributed by atoms with Gasteiger partial charge in [-0.25, -0.2) is 9.18 Å². The first kappa shape index (κ1) is 21.6. The van der Waals surface area contributed by atoms with Crippen LogP contribution < -0.4 is 10.1 Å². The number of hydrogen-bond acceptors (Lipinski definition) is 5. The molecule has 1 saturated heterocycles. The number of hydrogen-bond donors (Lipinski definition) is 1. The Hall–Kier alpha value is -3.13. The van der Waals surface area contributed by atoms with Crippen LogP contribution in [0, 0.1) is 5.82 Å². The third-order valence-electron chi connectivity index (χ3n) is 4.94. The quantitative estimate of drug-likeness (QED) is 0.783. The number of nitrogens with one attached hydrogen (secondary N) is 1. The zero-order chi connectivity index (χ0) is 21.5. The summed E-state index contributed by atoms with van der Waals surface area (Å²) in [5, 5.41) is 2.60. The fourth-order valence-corrected chi connectivity index (χ4v) is 3.34. The molecule has 160 valence electrons. The number of rotatable bonds is 6. The zero-order valence-corrected chi connectivity index (χ0v) is 17.2. The number of carbonyl (C=O) groups is 2. The van der Waals surface area contributed by atoms with Crippen molar-refractivity contribution in [3.05, 3.63) is 59.4 Å². The minimum Gasteiger partial charge on any atom is -0.494 e. The molecule has 1 fully saturated rings. The molecule has 0 atom stereocenters. The number of halogens is 1. The first-order valence-corrected chi connectivity index (χ1v) is 9.88. The number of nitrogens with zero attached hydrogens (tertiary/aromatic N) is 2. The lowest BCUT2D eigenvalue weighted by molar-refractivity contribution is 0.0628. The van der Waals surface area contributed by atoms with Gasteiger partial charge in [0.05, 0.1) is 13.7 Å². The number of benzene rings is 2. The molecule has 2 aromatic rings. The highest BCUT2D eigenvalue weighted by Gasteiger charge is 2.22. The first-order chi connectivity index (χ1) is 14.5. The van der Waals surface area contributed by atoms with Crippen molar-refractivity contribution in [2.24, 2.45) is 0 Å². The van der Waals surface area contributed by atoms with Crippen molar-refractivity contribution in [1.29, 1.82) is 0 Å². The summed E-state index contributed by atoms with van der Waals surface area (Å²) in [6.07, 6.45) is -0.524. The molecule has 0 radical (unpaired) electrons. The average molecular weight is 415 g/mol. The van der Waals surface area contributed by atoms with E-state index in [0.29, 0.717) is 50.6 Å². The third kappa shape index (κ3) is 5.48. The SMILES string of the molecule is CCOC(=O)Nc1ccc(C(=O)N2CCN(Cc3ccc(OC)c(F)c3)CC2)cc1. The number of ether oxygens (including phenoxy) is 2. The molecule has 0 spiro atoms. The Labute approximate surface area is 175 Å². The van der Waals surface area contributed by atoms with E-state index in [1.54, 1.807) is 42.2 Å². The van der Waals surface area contributed by atoms with Gasteiger partial charge in [-0.05, 0) is 48.9 Å². The highest BCUT2D eigenvalue weighted by Crippen LogP contribution is 2.19. The predicted molar refractivity (Wildman–Crippen MR) is 111 cm³/mol. The minimum atomic E-state index is -0.524. The van der Waals surface area contributed by atoms with Crippen LogP contribution in [-0.2, 0) is 11.3 Å². The van der Waals surface area contributed by atoms with Gasteiger partial charge in [0.2, 0.25) is 0 Å². The van der Waals surface area contributed by atoms with Crippen molar-refractivity contribution < 1.29 is 23.5 Å². The number of methoxy groups -OCH3 is 1. The van der Waals surface area contributed by atoms with Gasteiger partial charge in [-0.2, -0.15) is 0 Å². The van der Waals surface area contributed by atoms with Gasteiger partial charge in [-0.1, -0.05) is 6.07 Å². The lowest BCUT2D eigenvalue weighted by atomic mass is 10.1. The number of piperazine rings is 1. The van der Waals surface area contributed by atoms with E-state index in [9.17, 15) is 14.0 Å². The molecule has 0 saturated carbocycles. The molecule has 0 aromatic heterocycles. The summed E-state index contributed by atoms with van der Waals surface area (Å²) in [5.74, 6) is -0.185. The molecule has 7 nitrogen and oxygen atoms in total. The van der Waals surface area contributed by atoms with Crippen molar-refractivity contribution in [2.45, 2.75) is 13.5 Å². The molecule has 1 heterocycles. The van der Waals surface area contributed by atoms with Crippen molar-refractivity contribution >= 4 is 17.7 Å². The molecular weight excluding hydrogens is 389 g/mol. The first-order valence-electron chi connectivity index (χ1n) is 9.88. The lowest BCUT2D eigenvalue weighted by Gasteiger charge is -2.34. The minimum absolute atomic E-state index is 0.0483. The van der Waals surface area contributed by atoms with Crippen LogP contribution >= 0.6 is 0 Å². The van der Waals surface area contributed by atoms with Crippen LogP contribution in [0.3, 0.4) is 0 Å². The summed E-state index contributed by atoms with van der Waals surface area (Å²) < 4.78 is 23.7. The maximum absolute atomic E-state index is 13.9. The smallest absolute Gasteiger partial charge is 0.411 e. The van der Waals surface area contributed by atoms with Crippen molar-refractivity contribution in [3.8, 4) is 5.75 Å². The number of carbonyl (C=O) groups excluding carboxylic acids is 2. The highest BCUT2D eigenvalue weighted by atomic mass is 19.1. The standard InChI is InChI=1S/C22H26FN3O4/c1-3-30-22(28)24-18-7-5-17(6-8-18)21(27)26-12-10-25(11-13-26)15-16-4-9-20(29-2)19(23)14-16/h4-9,14H,3,10-13,15H2,1-2H3,(H,24,28). The van der Waals surface area contributed by atoms with E-state index in [4.69, 9.17) is 9.47 Å². The molecular formula is C22H26FN3O4. The summed E-state index contributed by atoms with van der Waals surface area (Å²) in [4.78, 5) is 28.2. The molecule has 0 aliphatic carbocycles. The van der Waals surface area contributed by atoms with E-state index in [2.05, 4.69) is 10.2 Å². The lowest BCUT2D eigenvalue weighted by Crippen LogP contribution is -2.48. The summed E-state index contributed by atoms with van der Waals surface area (Å²) in [7, 11) is 1.44. The topological polar surface area (TPSA) is 71.1 Å². The molecule has 3 rings (SSSR count). The molecule has 0 unspecified atom stereocenters. The van der Waals surface area contributed by atoms with Gasteiger partial charge in [-0.3, -0.25) is 15.0 Å². The maximum atomic E-state index is 13.9. The summed E-state index contributed by atoms with van der Waals surface area (Å²) >= 11 is 0. The van der Waals surface area contributed by atoms with Crippen LogP contribution in [0.4, 0.5) is 14.9 Å². The van der Waals surface area contributed by atoms with E-state index in [1.807, 2.05) is 6.07 Å². The Morgan fingerprint density at radius 1 is 1.07 bits per heavy atom. The number of anilines is 1. The van der Waals surface area contributed by atoms with E-state index in [1.165, 1.54) is 13.2 Å². The van der Waals surface area contributed by atoms with Crippen LogP contribution in [0.15, 0.2) is 42.5 Å². The maximum Gasteiger partial charge on any atom is 0.411 e. The van der Waals surface area contributed by atoms with E-state index >= 15 is 0 Å². The second kappa shape index (κ2) is 10.1. The normalized spacial score (nSPS) is 14.3. The van der Waals surface area contributed by atoms with Gasteiger partial charge in [0, 0.05) is 44.0 Å². The monoisotopic (exact) mass is 415 g/mol. The van der Waals surface area contributed by atoms with Crippen LogP contribution in [0.1, 0.15) is 22.8 Å². The van der Waals surface area contributed by atoms with Crippen LogP contribution in [0.25, 0.3) is 0 Å². The average Bonchev–Trinajstić information content (AvgIpc) is 2.75. The summed E-state index contributed by atoms with van der Waals surface area (Å²) in [6.45, 7) is 5.26. The van der Waals surface area contributed by atoms with Crippen LogP contribution in [0.2, 0.25) is 0 Å². The predicted octanol–water partition coefficient (Wildman–Crippen LogP) is 3.36. The van der Waals surface area contributed by atoms with E-state index in [-0.39, 0.29) is 17.5 Å². The van der Waals surface area contributed by atoms with Gasteiger partial charge in [0.15, 0.2) is 11.6 Å². The van der Waals surface area contributed by atoms with Gasteiger partial charge in [-0.15, -0.1) is 0 Å². The Balaban J connectivity index is 1.51. The summed E-state index contributed by atoms with van der Waals surface area (Å²) in [6, 6.07) is 11.7. The Morgan fingerprint density at radius 3 is 2.37 bits per heavy atom. The zero-order valence-electron chi connectivity index (χ0n) is 17.2. The molecule has 8 heteroatoms. The molecule has 1 aliphatic heterocycles. The Morgan fingerprint density at radius 2 is 1.77 bits per heavy atom. The molecule has 1 N–H and O–H groups in total. The largest absolute Gasteiger partial charge is 0.494 e. The van der Waals surface area contributed by atoms with Gasteiger partial charge in [0.1, 0.15) is 0 Å². The van der Waals surface area contributed by atoms with Crippen molar-refractivity contribution in [2.75, 3.05) is 45.2 Å². The van der Waals surface area contributed by atoms with Crippen molar-refractivity contribution in [3.63, 3.8) is 0 Å².